The monoisotopic (exact) mass is 362 g/mol. The molecule has 3 aromatic rings. The number of benzene rings is 1. The molecule has 1 aliphatic carbocycles. The largest absolute Gasteiger partial charge is 0.391 e. The van der Waals surface area contributed by atoms with Gasteiger partial charge in [0.2, 0.25) is 0 Å². The summed E-state index contributed by atoms with van der Waals surface area (Å²) in [5.41, 5.74) is 9.92. The van der Waals surface area contributed by atoms with Crippen LogP contribution in [0, 0.1) is 5.53 Å². The lowest BCUT2D eigenvalue weighted by Crippen LogP contribution is -2.28. The third-order valence-electron chi connectivity index (χ3n) is 4.93. The molecular formula is C20H22N6O. The van der Waals surface area contributed by atoms with Crippen molar-refractivity contribution in [3.05, 3.63) is 54.2 Å². The van der Waals surface area contributed by atoms with Crippen LogP contribution < -0.4 is 10.6 Å². The lowest BCUT2D eigenvalue weighted by atomic mass is 10.1. The average Bonchev–Trinajstić information content (AvgIpc) is 3.11. The Hall–Kier alpha value is -3.06. The quantitative estimate of drug-likeness (QED) is 0.491. The van der Waals surface area contributed by atoms with Gasteiger partial charge >= 0.3 is 0 Å². The zero-order valence-electron chi connectivity index (χ0n) is 14.9. The van der Waals surface area contributed by atoms with Crippen LogP contribution in [0.25, 0.3) is 10.9 Å². The molecule has 2 atom stereocenters. The maximum atomic E-state index is 10.00. The van der Waals surface area contributed by atoms with Gasteiger partial charge in [0.15, 0.2) is 5.82 Å². The molecule has 27 heavy (non-hydrogen) atoms. The van der Waals surface area contributed by atoms with Gasteiger partial charge in [-0.3, -0.25) is 4.98 Å². The third-order valence-corrected chi connectivity index (χ3v) is 4.93. The van der Waals surface area contributed by atoms with E-state index in [1.165, 1.54) is 0 Å². The van der Waals surface area contributed by atoms with Crippen molar-refractivity contribution in [2.45, 2.75) is 38.0 Å². The Morgan fingerprint density at radius 3 is 2.93 bits per heavy atom. The molecule has 0 spiro atoms. The minimum atomic E-state index is -0.338. The van der Waals surface area contributed by atoms with Gasteiger partial charge in [0, 0.05) is 18.1 Å². The van der Waals surface area contributed by atoms with Crippen LogP contribution in [-0.4, -0.2) is 27.2 Å². The second-order valence-electron chi connectivity index (χ2n) is 6.81. The molecule has 4 rings (SSSR count). The van der Waals surface area contributed by atoms with Crippen LogP contribution in [0.1, 0.15) is 24.8 Å². The summed E-state index contributed by atoms with van der Waals surface area (Å²) in [5, 5.41) is 21.2. The van der Waals surface area contributed by atoms with Crippen LogP contribution in [0.5, 0.6) is 0 Å². The fourth-order valence-electron chi connectivity index (χ4n) is 3.47. The summed E-state index contributed by atoms with van der Waals surface area (Å²) in [4.78, 5) is 8.89. The zero-order chi connectivity index (χ0) is 18.6. The van der Waals surface area contributed by atoms with Crippen molar-refractivity contribution in [2.24, 2.45) is 5.11 Å². The van der Waals surface area contributed by atoms with Crippen molar-refractivity contribution < 1.29 is 5.11 Å². The molecule has 7 nitrogen and oxygen atoms in total. The van der Waals surface area contributed by atoms with Gasteiger partial charge in [-0.1, -0.05) is 12.1 Å². The Morgan fingerprint density at radius 2 is 2.11 bits per heavy atom. The van der Waals surface area contributed by atoms with Gasteiger partial charge in [0.25, 0.3) is 0 Å². The van der Waals surface area contributed by atoms with Crippen molar-refractivity contribution in [1.82, 2.24) is 9.97 Å². The van der Waals surface area contributed by atoms with Gasteiger partial charge in [-0.05, 0) is 55.2 Å². The second kappa shape index (κ2) is 7.67. The molecule has 1 saturated carbocycles. The summed E-state index contributed by atoms with van der Waals surface area (Å²) >= 11 is 0. The van der Waals surface area contributed by atoms with Gasteiger partial charge in [-0.15, -0.1) is 0 Å². The molecule has 0 amide bonds. The standard InChI is InChI=1S/C20H22N6O/c21-26-17-8-9-19(24-16-4-1-5-18(16)27)25-20(17)23-12-13-6-7-15-14(11-13)3-2-10-22-15/h2-3,6-11,16,18,21,27H,1,4-5,12H2,(H2,23,24,25)/t16-,18+/m1/s1. The molecule has 0 unspecified atom stereocenters. The number of rotatable bonds is 6. The lowest BCUT2D eigenvalue weighted by molar-refractivity contribution is 0.171. The maximum Gasteiger partial charge on any atom is 0.156 e. The molecule has 7 heteroatoms. The summed E-state index contributed by atoms with van der Waals surface area (Å²) in [6.07, 6.45) is 4.21. The Morgan fingerprint density at radius 1 is 1.19 bits per heavy atom. The minimum absolute atomic E-state index is 0.0251. The average molecular weight is 362 g/mol. The van der Waals surface area contributed by atoms with Crippen LogP contribution >= 0.6 is 0 Å². The smallest absolute Gasteiger partial charge is 0.156 e. The molecule has 0 bridgehead atoms. The number of aliphatic hydroxyl groups is 1. The number of pyridine rings is 2. The van der Waals surface area contributed by atoms with E-state index in [1.807, 2.05) is 24.3 Å². The summed E-state index contributed by atoms with van der Waals surface area (Å²) in [6, 6.07) is 13.6. The van der Waals surface area contributed by atoms with Crippen LogP contribution in [0.15, 0.2) is 53.8 Å². The number of nitrogens with one attached hydrogen (secondary N) is 3. The molecule has 1 aromatic carbocycles. The molecule has 2 heterocycles. The van der Waals surface area contributed by atoms with E-state index in [0.29, 0.717) is 23.9 Å². The van der Waals surface area contributed by atoms with Gasteiger partial charge < -0.3 is 15.7 Å². The van der Waals surface area contributed by atoms with Gasteiger partial charge in [0.1, 0.15) is 11.5 Å². The zero-order valence-corrected chi connectivity index (χ0v) is 14.9. The van der Waals surface area contributed by atoms with E-state index >= 15 is 0 Å². The van der Waals surface area contributed by atoms with Crippen LogP contribution in [0.4, 0.5) is 17.3 Å². The highest BCUT2D eigenvalue weighted by Gasteiger charge is 2.25. The Labute approximate surface area is 157 Å². The van der Waals surface area contributed by atoms with E-state index < -0.39 is 0 Å². The first-order valence-corrected chi connectivity index (χ1v) is 9.13. The number of hydrogen-bond donors (Lipinski definition) is 4. The van der Waals surface area contributed by atoms with Gasteiger partial charge in [0.05, 0.1) is 17.7 Å². The fourth-order valence-corrected chi connectivity index (χ4v) is 3.47. The fraction of sp³-hybridized carbons (Fsp3) is 0.300. The number of anilines is 2. The maximum absolute atomic E-state index is 10.00. The molecule has 1 aliphatic rings. The van der Waals surface area contributed by atoms with Gasteiger partial charge in [-0.25, -0.2) is 10.5 Å². The van der Waals surface area contributed by atoms with Crippen molar-refractivity contribution in [1.29, 1.82) is 5.53 Å². The Bertz CT molecular complexity index is 960. The highest BCUT2D eigenvalue weighted by Crippen LogP contribution is 2.28. The van der Waals surface area contributed by atoms with E-state index in [1.54, 1.807) is 18.3 Å². The van der Waals surface area contributed by atoms with E-state index in [-0.39, 0.29) is 12.1 Å². The summed E-state index contributed by atoms with van der Waals surface area (Å²) in [7, 11) is 0. The second-order valence-corrected chi connectivity index (χ2v) is 6.81. The molecule has 1 fully saturated rings. The van der Waals surface area contributed by atoms with E-state index in [4.69, 9.17) is 5.53 Å². The SMILES string of the molecule is N=Nc1ccc(N[C@@H]2CCC[C@@H]2O)nc1NCc1ccc2ncccc2c1. The highest BCUT2D eigenvalue weighted by atomic mass is 16.3. The lowest BCUT2D eigenvalue weighted by Gasteiger charge is -2.18. The van der Waals surface area contributed by atoms with Crippen molar-refractivity contribution in [2.75, 3.05) is 10.6 Å². The summed E-state index contributed by atoms with van der Waals surface area (Å²) in [5.74, 6) is 1.23. The van der Waals surface area contributed by atoms with Crippen LogP contribution in [0.3, 0.4) is 0 Å². The Kier molecular flexibility index (Phi) is 4.93. The molecular weight excluding hydrogens is 340 g/mol. The van der Waals surface area contributed by atoms with Crippen LogP contribution in [-0.2, 0) is 6.54 Å². The Balaban J connectivity index is 1.50. The van der Waals surface area contributed by atoms with E-state index in [0.717, 1.165) is 35.7 Å². The predicted molar refractivity (Wildman–Crippen MR) is 105 cm³/mol. The molecule has 4 N–H and O–H groups in total. The first kappa shape index (κ1) is 17.4. The van der Waals surface area contributed by atoms with Crippen molar-refractivity contribution >= 4 is 28.2 Å². The molecule has 2 aromatic heterocycles. The summed E-state index contributed by atoms with van der Waals surface area (Å²) in [6.45, 7) is 0.565. The first-order chi connectivity index (χ1) is 13.2. The number of aliphatic hydroxyl groups excluding tert-OH is 1. The van der Waals surface area contributed by atoms with Crippen LogP contribution in [0.2, 0.25) is 0 Å². The predicted octanol–water partition coefficient (Wildman–Crippen LogP) is 4.23. The number of fused-ring (bicyclic) bond motifs is 1. The molecule has 0 aliphatic heterocycles. The number of aromatic nitrogens is 2. The molecule has 0 radical (unpaired) electrons. The van der Waals surface area contributed by atoms with E-state index in [2.05, 4.69) is 31.8 Å². The van der Waals surface area contributed by atoms with Crippen molar-refractivity contribution in [3.8, 4) is 0 Å². The van der Waals surface area contributed by atoms with Crippen molar-refractivity contribution in [3.63, 3.8) is 0 Å². The topological polar surface area (TPSA) is 106 Å². The normalized spacial score (nSPS) is 19.1. The molecule has 138 valence electrons. The highest BCUT2D eigenvalue weighted by molar-refractivity contribution is 5.79. The molecule has 0 saturated heterocycles. The minimum Gasteiger partial charge on any atom is -0.391 e. The number of hydrogen-bond acceptors (Lipinski definition) is 7. The first-order valence-electron chi connectivity index (χ1n) is 9.13. The third kappa shape index (κ3) is 3.88. The number of nitrogens with zero attached hydrogens (tertiary/aromatic N) is 3. The van der Waals surface area contributed by atoms with E-state index in [9.17, 15) is 5.11 Å². The van der Waals surface area contributed by atoms with Gasteiger partial charge in [-0.2, -0.15) is 5.11 Å². The summed E-state index contributed by atoms with van der Waals surface area (Å²) < 4.78 is 0.